The first-order valence-electron chi connectivity index (χ1n) is 19.3. The number of carbonyl (C=O) groups excluding carboxylic acids is 4. The number of nitrogens with zero attached hydrogens (tertiary/aromatic N) is 2. The summed E-state index contributed by atoms with van der Waals surface area (Å²) in [6.07, 6.45) is 0.664. The molecule has 0 saturated carbocycles. The minimum absolute atomic E-state index is 0.00988. The van der Waals surface area contributed by atoms with Crippen LogP contribution in [0.5, 0.6) is 0 Å². The van der Waals surface area contributed by atoms with Crippen LogP contribution in [0.15, 0.2) is 97.1 Å². The summed E-state index contributed by atoms with van der Waals surface area (Å²) in [6.45, 7) is 0.0106. The summed E-state index contributed by atoms with van der Waals surface area (Å²) in [5, 5.41) is 6.37. The maximum Gasteiger partial charge on any atom is 0.418 e. The number of amides is 4. The number of nitrogens with one attached hydrogen (secondary N) is 2. The molecule has 1 heterocycles. The number of alkyl halides is 3. The fraction of sp³-hybridized carbons (Fsp3) is 0.364. The van der Waals surface area contributed by atoms with Crippen LogP contribution in [-0.4, -0.2) is 58.9 Å². The predicted octanol–water partition coefficient (Wildman–Crippen LogP) is 8.71. The van der Waals surface area contributed by atoms with Gasteiger partial charge in [-0.05, 0) is 104 Å². The molecule has 0 unspecified atom stereocenters. The van der Waals surface area contributed by atoms with Crippen LogP contribution in [0.25, 0.3) is 0 Å². The average molecular weight is 787 g/mol. The molecule has 0 aromatic heterocycles. The number of benzene rings is 4. The van der Waals surface area contributed by atoms with Gasteiger partial charge in [0.05, 0.1) is 0 Å². The van der Waals surface area contributed by atoms with Crippen molar-refractivity contribution >= 4 is 35.2 Å². The monoisotopic (exact) mass is 786 g/mol. The fourth-order valence-electron chi connectivity index (χ4n) is 7.33. The Morgan fingerprint density at radius 3 is 2.23 bits per heavy atom. The van der Waals surface area contributed by atoms with Gasteiger partial charge in [0, 0.05) is 42.9 Å². The number of fused-ring (bicyclic) bond motifs is 2. The van der Waals surface area contributed by atoms with Crippen LogP contribution in [0, 0.1) is 5.82 Å². The largest absolute Gasteiger partial charge is 0.427 e. The quantitative estimate of drug-likeness (QED) is 0.0820. The number of unbranched alkanes of at least 4 members (excludes halogenated alkanes) is 2. The van der Waals surface area contributed by atoms with Gasteiger partial charge in [0.25, 0.3) is 5.91 Å². The van der Waals surface area contributed by atoms with Gasteiger partial charge in [0.15, 0.2) is 0 Å². The Labute approximate surface area is 329 Å². The molecule has 4 aromatic rings. The van der Waals surface area contributed by atoms with Crippen LogP contribution >= 0.6 is 0 Å². The Balaban J connectivity index is 0.964. The zero-order valence-corrected chi connectivity index (χ0v) is 31.7. The van der Waals surface area contributed by atoms with E-state index in [-0.39, 0.29) is 17.9 Å². The number of anilines is 2. The summed E-state index contributed by atoms with van der Waals surface area (Å²) in [7, 11) is 0. The van der Waals surface area contributed by atoms with Crippen LogP contribution in [0.2, 0.25) is 0 Å². The van der Waals surface area contributed by atoms with Gasteiger partial charge in [-0.1, -0.05) is 67.1 Å². The maximum atomic E-state index is 13.8. The molecule has 9 nitrogen and oxygen atoms in total. The Morgan fingerprint density at radius 2 is 1.51 bits per heavy atom. The van der Waals surface area contributed by atoms with E-state index < -0.39 is 54.6 Å². The fourth-order valence-corrected chi connectivity index (χ4v) is 7.33. The van der Waals surface area contributed by atoms with Crippen molar-refractivity contribution in [2.45, 2.75) is 89.1 Å². The second-order valence-electron chi connectivity index (χ2n) is 14.6. The molecular formula is C44H46F4N4O5. The standard InChI is InChI=1S/C44H46F4N4O5/c1-30(44(46,47)48)51(28-33-14-18-35(45)19-15-33)40(54)29-52-41(55)43(57-42(52)56)25-24-34-27-37(22-23-38(34)43)49-26-8-12-32-16-20-36(21-17-32)50-39(53)13-7-3-6-11-31-9-4-2-5-10-31/h2,4-5,9-10,14-23,27,30,49H,3,6-8,11-13,24-26,28-29H2,1H3,(H,50,53)/t30-,43+/m0/s1. The number of halogens is 4. The topological polar surface area (TPSA) is 108 Å². The van der Waals surface area contributed by atoms with Crippen molar-refractivity contribution in [1.29, 1.82) is 0 Å². The molecule has 2 N–H and O–H groups in total. The second kappa shape index (κ2) is 18.0. The second-order valence-corrected chi connectivity index (χ2v) is 14.6. The van der Waals surface area contributed by atoms with E-state index in [2.05, 4.69) is 22.8 Å². The highest BCUT2D eigenvalue weighted by Crippen LogP contribution is 2.46. The summed E-state index contributed by atoms with van der Waals surface area (Å²) in [6, 6.07) is 25.9. The molecule has 2 atom stereocenters. The van der Waals surface area contributed by atoms with E-state index in [0.717, 1.165) is 80.1 Å². The summed E-state index contributed by atoms with van der Waals surface area (Å²) < 4.78 is 60.4. The summed E-state index contributed by atoms with van der Waals surface area (Å²) in [4.78, 5) is 53.6. The Kier molecular flexibility index (Phi) is 13.0. The van der Waals surface area contributed by atoms with Crippen LogP contribution in [-0.2, 0) is 50.5 Å². The summed E-state index contributed by atoms with van der Waals surface area (Å²) in [5.74, 6) is -2.49. The lowest BCUT2D eigenvalue weighted by atomic mass is 9.94. The number of hydrogen-bond acceptors (Lipinski definition) is 6. The van der Waals surface area contributed by atoms with Crippen molar-refractivity contribution in [2.75, 3.05) is 23.7 Å². The van der Waals surface area contributed by atoms with Crippen molar-refractivity contribution in [2.24, 2.45) is 0 Å². The van der Waals surface area contributed by atoms with E-state index in [1.807, 2.05) is 48.5 Å². The SMILES string of the molecule is C[C@H](N(Cc1ccc(F)cc1)C(=O)CN1C(=O)O[C@@]2(CCc3cc(NCCCc4ccc(NC(=O)CCCCCc5ccccc5)cc4)ccc32)C1=O)C(F)(F)F. The third-order valence-electron chi connectivity index (χ3n) is 10.6. The van der Waals surface area contributed by atoms with E-state index in [9.17, 15) is 36.7 Å². The molecule has 6 rings (SSSR count). The van der Waals surface area contributed by atoms with Gasteiger partial charge in [-0.25, -0.2) is 14.1 Å². The van der Waals surface area contributed by atoms with Crippen LogP contribution in [0.4, 0.5) is 33.7 Å². The van der Waals surface area contributed by atoms with Gasteiger partial charge in [-0.3, -0.25) is 14.4 Å². The van der Waals surface area contributed by atoms with Gasteiger partial charge in [-0.15, -0.1) is 0 Å². The Hall–Kier alpha value is -5.72. The van der Waals surface area contributed by atoms with Crippen molar-refractivity contribution in [1.82, 2.24) is 9.80 Å². The summed E-state index contributed by atoms with van der Waals surface area (Å²) >= 11 is 0. The first-order valence-corrected chi connectivity index (χ1v) is 19.3. The molecular weight excluding hydrogens is 740 g/mol. The van der Waals surface area contributed by atoms with E-state index in [0.29, 0.717) is 34.7 Å². The molecule has 1 aliphatic heterocycles. The number of imide groups is 1. The number of hydrogen-bond donors (Lipinski definition) is 2. The summed E-state index contributed by atoms with van der Waals surface area (Å²) in [5.41, 5.74) is 3.85. The highest BCUT2D eigenvalue weighted by atomic mass is 19.4. The Bertz CT molecular complexity index is 2040. The van der Waals surface area contributed by atoms with E-state index >= 15 is 0 Å². The van der Waals surface area contributed by atoms with Gasteiger partial charge in [0.2, 0.25) is 17.4 Å². The lowest BCUT2D eigenvalue weighted by molar-refractivity contribution is -0.187. The van der Waals surface area contributed by atoms with Crippen molar-refractivity contribution in [3.05, 3.63) is 131 Å². The minimum atomic E-state index is -4.79. The minimum Gasteiger partial charge on any atom is -0.427 e. The first kappa shape index (κ1) is 40.9. The molecule has 57 heavy (non-hydrogen) atoms. The third-order valence-corrected chi connectivity index (χ3v) is 10.6. The highest BCUT2D eigenvalue weighted by Gasteiger charge is 2.58. The molecule has 1 spiro atoms. The highest BCUT2D eigenvalue weighted by molar-refractivity contribution is 6.06. The van der Waals surface area contributed by atoms with E-state index in [1.165, 1.54) is 17.7 Å². The zero-order chi connectivity index (χ0) is 40.6. The average Bonchev–Trinajstić information content (AvgIpc) is 3.67. The molecule has 0 bridgehead atoms. The first-order chi connectivity index (χ1) is 27.3. The smallest absolute Gasteiger partial charge is 0.418 e. The molecule has 4 aromatic carbocycles. The number of rotatable bonds is 17. The molecule has 4 amide bonds. The Morgan fingerprint density at radius 1 is 0.842 bits per heavy atom. The van der Waals surface area contributed by atoms with Gasteiger partial charge in [-0.2, -0.15) is 13.2 Å². The molecule has 1 saturated heterocycles. The van der Waals surface area contributed by atoms with E-state index in [1.54, 1.807) is 12.1 Å². The predicted molar refractivity (Wildman–Crippen MR) is 208 cm³/mol. The van der Waals surface area contributed by atoms with Gasteiger partial charge in [0.1, 0.15) is 18.4 Å². The molecule has 2 aliphatic rings. The number of carbonyl (C=O) groups is 4. The van der Waals surface area contributed by atoms with E-state index in [4.69, 9.17) is 4.74 Å². The maximum absolute atomic E-state index is 13.8. The zero-order valence-electron chi connectivity index (χ0n) is 31.7. The third kappa shape index (κ3) is 10.2. The van der Waals surface area contributed by atoms with Crippen molar-refractivity contribution in [3.8, 4) is 0 Å². The van der Waals surface area contributed by atoms with Crippen LogP contribution in [0.1, 0.15) is 73.3 Å². The van der Waals surface area contributed by atoms with Crippen molar-refractivity contribution < 1.29 is 41.5 Å². The van der Waals surface area contributed by atoms with Crippen LogP contribution < -0.4 is 10.6 Å². The molecule has 13 heteroatoms. The molecule has 1 aliphatic carbocycles. The molecule has 1 fully saturated rings. The lowest BCUT2D eigenvalue weighted by Gasteiger charge is -2.31. The van der Waals surface area contributed by atoms with Gasteiger partial charge < -0.3 is 20.3 Å². The van der Waals surface area contributed by atoms with Gasteiger partial charge >= 0.3 is 12.3 Å². The number of ether oxygens (including phenoxy) is 1. The number of aryl methyl sites for hydroxylation is 3. The normalized spacial score (nSPS) is 16.7. The molecule has 0 radical (unpaired) electrons. The lowest BCUT2D eigenvalue weighted by Crippen LogP contribution is -2.51. The van der Waals surface area contributed by atoms with Crippen molar-refractivity contribution in [3.63, 3.8) is 0 Å². The molecule has 300 valence electrons. The van der Waals surface area contributed by atoms with Crippen LogP contribution in [0.3, 0.4) is 0 Å².